The van der Waals surface area contributed by atoms with Crippen molar-refractivity contribution >= 4 is 27.4 Å². The summed E-state index contributed by atoms with van der Waals surface area (Å²) in [5.74, 6) is 0.679. The molecule has 0 spiro atoms. The highest BCUT2D eigenvalue weighted by Gasteiger charge is 2.15. The molecule has 3 rings (SSSR count). The predicted molar refractivity (Wildman–Crippen MR) is 84.0 cm³/mol. The van der Waals surface area contributed by atoms with E-state index in [0.29, 0.717) is 5.82 Å². The Balaban J connectivity index is 2.04. The molecule has 1 aromatic carbocycles. The first-order chi connectivity index (χ1) is 9.53. The standard InChI is InChI=1S/C15H16N4S/c1-15(2,3)18-14-17-13(19-20-14)12-11-7-5-4-6-10(11)8-9-16-12/h4-9H,1-3H3,(H,17,18,19). The molecule has 0 aliphatic heterocycles. The number of hydrogen-bond donors (Lipinski definition) is 1. The molecule has 0 aliphatic carbocycles. The average Bonchev–Trinajstić information content (AvgIpc) is 2.84. The predicted octanol–water partition coefficient (Wildman–Crippen LogP) is 3.96. The van der Waals surface area contributed by atoms with Crippen molar-refractivity contribution in [3.63, 3.8) is 0 Å². The van der Waals surface area contributed by atoms with Crippen molar-refractivity contribution in [2.75, 3.05) is 5.32 Å². The van der Waals surface area contributed by atoms with Gasteiger partial charge in [0.05, 0.1) is 0 Å². The van der Waals surface area contributed by atoms with Gasteiger partial charge >= 0.3 is 0 Å². The van der Waals surface area contributed by atoms with Crippen LogP contribution >= 0.6 is 11.5 Å². The molecule has 0 aliphatic rings. The Kier molecular flexibility index (Phi) is 3.14. The number of fused-ring (bicyclic) bond motifs is 1. The molecule has 0 unspecified atom stereocenters. The molecule has 0 saturated carbocycles. The smallest absolute Gasteiger partial charge is 0.203 e. The summed E-state index contributed by atoms with van der Waals surface area (Å²) in [4.78, 5) is 8.99. The van der Waals surface area contributed by atoms with E-state index in [4.69, 9.17) is 0 Å². The van der Waals surface area contributed by atoms with Crippen LogP contribution in [0.1, 0.15) is 20.8 Å². The highest BCUT2D eigenvalue weighted by Crippen LogP contribution is 2.27. The number of anilines is 1. The zero-order valence-electron chi connectivity index (χ0n) is 11.7. The van der Waals surface area contributed by atoms with E-state index >= 15 is 0 Å². The van der Waals surface area contributed by atoms with Crippen molar-refractivity contribution in [3.8, 4) is 11.5 Å². The van der Waals surface area contributed by atoms with Crippen LogP contribution in [0.25, 0.3) is 22.3 Å². The molecular formula is C15H16N4S. The minimum absolute atomic E-state index is 0.0248. The van der Waals surface area contributed by atoms with Crippen molar-refractivity contribution in [2.24, 2.45) is 0 Å². The van der Waals surface area contributed by atoms with Gasteiger partial charge in [0, 0.05) is 28.7 Å². The van der Waals surface area contributed by atoms with Gasteiger partial charge in [0.2, 0.25) is 5.13 Å². The Labute approximate surface area is 122 Å². The number of nitrogens with one attached hydrogen (secondary N) is 1. The first-order valence-electron chi connectivity index (χ1n) is 6.49. The van der Waals surface area contributed by atoms with Gasteiger partial charge in [-0.15, -0.1) is 0 Å². The highest BCUT2D eigenvalue weighted by atomic mass is 32.1. The van der Waals surface area contributed by atoms with E-state index in [1.807, 2.05) is 18.2 Å². The zero-order valence-corrected chi connectivity index (χ0v) is 12.5. The van der Waals surface area contributed by atoms with E-state index in [1.165, 1.54) is 11.5 Å². The molecule has 4 nitrogen and oxygen atoms in total. The number of benzene rings is 1. The van der Waals surface area contributed by atoms with E-state index < -0.39 is 0 Å². The Morgan fingerprint density at radius 2 is 1.90 bits per heavy atom. The topological polar surface area (TPSA) is 50.7 Å². The summed E-state index contributed by atoms with van der Waals surface area (Å²) in [6.45, 7) is 6.30. The largest absolute Gasteiger partial charge is 0.356 e. The minimum Gasteiger partial charge on any atom is -0.356 e. The zero-order chi connectivity index (χ0) is 14.2. The van der Waals surface area contributed by atoms with Crippen LogP contribution in [-0.4, -0.2) is 19.9 Å². The molecule has 5 heteroatoms. The summed E-state index contributed by atoms with van der Waals surface area (Å²) < 4.78 is 4.43. The fraction of sp³-hybridized carbons (Fsp3) is 0.267. The molecule has 0 radical (unpaired) electrons. The van der Waals surface area contributed by atoms with E-state index in [-0.39, 0.29) is 5.54 Å². The lowest BCUT2D eigenvalue weighted by Gasteiger charge is -2.18. The van der Waals surface area contributed by atoms with E-state index in [1.54, 1.807) is 6.20 Å². The number of rotatable bonds is 2. The van der Waals surface area contributed by atoms with E-state index in [0.717, 1.165) is 21.6 Å². The van der Waals surface area contributed by atoms with Crippen LogP contribution in [-0.2, 0) is 0 Å². The summed E-state index contributed by atoms with van der Waals surface area (Å²) in [6, 6.07) is 10.2. The third-order valence-corrected chi connectivity index (χ3v) is 3.42. The van der Waals surface area contributed by atoms with Crippen molar-refractivity contribution in [1.82, 2.24) is 14.3 Å². The van der Waals surface area contributed by atoms with Crippen LogP contribution in [0.3, 0.4) is 0 Å². The lowest BCUT2D eigenvalue weighted by atomic mass is 10.1. The van der Waals surface area contributed by atoms with Gasteiger partial charge in [0.25, 0.3) is 0 Å². The number of nitrogens with zero attached hydrogens (tertiary/aromatic N) is 3. The van der Waals surface area contributed by atoms with Crippen LogP contribution in [0, 0.1) is 0 Å². The van der Waals surface area contributed by atoms with Gasteiger partial charge in [-0.2, -0.15) is 9.36 Å². The molecule has 0 fully saturated rings. The van der Waals surface area contributed by atoms with Gasteiger partial charge in [0.1, 0.15) is 5.69 Å². The fourth-order valence-corrected chi connectivity index (χ4v) is 2.77. The molecule has 3 aromatic rings. The van der Waals surface area contributed by atoms with Gasteiger partial charge in [-0.1, -0.05) is 24.3 Å². The summed E-state index contributed by atoms with van der Waals surface area (Å²) in [7, 11) is 0. The molecule has 102 valence electrons. The highest BCUT2D eigenvalue weighted by molar-refractivity contribution is 7.09. The minimum atomic E-state index is -0.0248. The average molecular weight is 284 g/mol. The summed E-state index contributed by atoms with van der Waals surface area (Å²) in [6.07, 6.45) is 1.80. The second kappa shape index (κ2) is 4.83. The number of pyridine rings is 1. The Morgan fingerprint density at radius 3 is 2.70 bits per heavy atom. The van der Waals surface area contributed by atoms with Gasteiger partial charge in [-0.25, -0.2) is 0 Å². The van der Waals surface area contributed by atoms with Crippen molar-refractivity contribution in [1.29, 1.82) is 0 Å². The van der Waals surface area contributed by atoms with Gasteiger partial charge in [0.15, 0.2) is 5.82 Å². The summed E-state index contributed by atoms with van der Waals surface area (Å²) >= 11 is 1.37. The van der Waals surface area contributed by atoms with Gasteiger partial charge in [-0.3, -0.25) is 4.98 Å². The van der Waals surface area contributed by atoms with Crippen molar-refractivity contribution in [2.45, 2.75) is 26.3 Å². The molecule has 0 atom stereocenters. The maximum absolute atomic E-state index is 4.55. The van der Waals surface area contributed by atoms with Crippen LogP contribution in [0.5, 0.6) is 0 Å². The second-order valence-electron chi connectivity index (χ2n) is 5.68. The maximum Gasteiger partial charge on any atom is 0.203 e. The van der Waals surface area contributed by atoms with E-state index in [2.05, 4.69) is 52.6 Å². The molecule has 0 amide bonds. The van der Waals surface area contributed by atoms with Crippen molar-refractivity contribution in [3.05, 3.63) is 36.5 Å². The Morgan fingerprint density at radius 1 is 1.10 bits per heavy atom. The molecule has 2 aromatic heterocycles. The monoisotopic (exact) mass is 284 g/mol. The molecule has 20 heavy (non-hydrogen) atoms. The second-order valence-corrected chi connectivity index (χ2v) is 6.43. The Bertz CT molecular complexity index is 737. The van der Waals surface area contributed by atoms with E-state index in [9.17, 15) is 0 Å². The summed E-state index contributed by atoms with van der Waals surface area (Å²) in [5.41, 5.74) is 0.810. The first kappa shape index (κ1) is 13.0. The van der Waals surface area contributed by atoms with Crippen LogP contribution in [0.2, 0.25) is 0 Å². The lowest BCUT2D eigenvalue weighted by Crippen LogP contribution is -2.25. The molecule has 0 saturated heterocycles. The number of aromatic nitrogens is 3. The third kappa shape index (κ3) is 2.63. The normalized spacial score (nSPS) is 11.8. The third-order valence-electron chi connectivity index (χ3n) is 2.79. The van der Waals surface area contributed by atoms with Crippen LogP contribution in [0.15, 0.2) is 36.5 Å². The first-order valence-corrected chi connectivity index (χ1v) is 7.26. The van der Waals surface area contributed by atoms with Crippen LogP contribution < -0.4 is 5.32 Å². The molecule has 2 heterocycles. The summed E-state index contributed by atoms with van der Waals surface area (Å²) in [5, 5.41) is 6.39. The lowest BCUT2D eigenvalue weighted by molar-refractivity contribution is 0.633. The number of hydrogen-bond acceptors (Lipinski definition) is 5. The SMILES string of the molecule is CC(C)(C)Nc1nc(-c2nccc3ccccc23)ns1. The molecule has 0 bridgehead atoms. The fourth-order valence-electron chi connectivity index (χ4n) is 1.99. The molecule has 1 N–H and O–H groups in total. The maximum atomic E-state index is 4.55. The quantitative estimate of drug-likeness (QED) is 0.773. The Hall–Kier alpha value is -2.01. The molecular weight excluding hydrogens is 268 g/mol. The van der Waals surface area contributed by atoms with Crippen molar-refractivity contribution < 1.29 is 0 Å². The van der Waals surface area contributed by atoms with Gasteiger partial charge in [-0.05, 0) is 32.2 Å². The van der Waals surface area contributed by atoms with Crippen LogP contribution in [0.4, 0.5) is 5.13 Å². The van der Waals surface area contributed by atoms with Gasteiger partial charge < -0.3 is 5.32 Å².